The maximum Gasteiger partial charge on any atom is 0.268 e. The molecule has 5 nitrogen and oxygen atoms in total. The molecule has 2 aromatic carbocycles. The molecule has 0 fully saturated rings. The average molecular weight is 365 g/mol. The van der Waals surface area contributed by atoms with Gasteiger partial charge in [-0.05, 0) is 48.9 Å². The predicted molar refractivity (Wildman–Crippen MR) is 103 cm³/mol. The van der Waals surface area contributed by atoms with Gasteiger partial charge in [0, 0.05) is 34.0 Å². The summed E-state index contributed by atoms with van der Waals surface area (Å²) < 4.78 is 1.93. The summed E-state index contributed by atoms with van der Waals surface area (Å²) in [5.41, 5.74) is 3.46. The smallest absolute Gasteiger partial charge is 0.268 e. The fourth-order valence-corrected chi connectivity index (χ4v) is 3.11. The van der Waals surface area contributed by atoms with Gasteiger partial charge >= 0.3 is 0 Å². The van der Waals surface area contributed by atoms with Crippen molar-refractivity contribution >= 4 is 28.4 Å². The largest absolute Gasteiger partial charge is 0.351 e. The number of hydrogen-bond acceptors (Lipinski definition) is 2. The van der Waals surface area contributed by atoms with E-state index in [0.29, 0.717) is 10.7 Å². The Morgan fingerprint density at radius 2 is 2.00 bits per heavy atom. The van der Waals surface area contributed by atoms with Gasteiger partial charge in [0.25, 0.3) is 5.91 Å². The minimum atomic E-state index is -0.150. The van der Waals surface area contributed by atoms with Crippen LogP contribution in [0, 0.1) is 0 Å². The van der Waals surface area contributed by atoms with Gasteiger partial charge in [-0.1, -0.05) is 23.7 Å². The van der Waals surface area contributed by atoms with Crippen LogP contribution in [-0.4, -0.2) is 20.4 Å². The van der Waals surface area contributed by atoms with Crippen molar-refractivity contribution in [2.75, 3.05) is 0 Å². The SMILES string of the molecule is CC(NC(=O)c1cc2cc(Cl)ccc2[nH]1)c1ccc(-n2ccnc2)cc1. The topological polar surface area (TPSA) is 62.7 Å². The molecule has 1 amide bonds. The van der Waals surface area contributed by atoms with Crippen LogP contribution < -0.4 is 5.32 Å². The van der Waals surface area contributed by atoms with E-state index in [0.717, 1.165) is 22.2 Å². The number of aromatic nitrogens is 3. The molecular formula is C20H17ClN4O. The standard InChI is InChI=1S/C20H17ClN4O/c1-13(14-2-5-17(6-3-14)25-9-8-22-12-25)23-20(26)19-11-15-10-16(21)4-7-18(15)24-19/h2-13,24H,1H3,(H,23,26). The number of halogens is 1. The fourth-order valence-electron chi connectivity index (χ4n) is 2.93. The second-order valence-corrected chi connectivity index (χ2v) is 6.61. The summed E-state index contributed by atoms with van der Waals surface area (Å²) in [6.07, 6.45) is 5.38. The zero-order chi connectivity index (χ0) is 18.1. The Labute approximate surface area is 155 Å². The molecule has 0 saturated carbocycles. The first-order valence-corrected chi connectivity index (χ1v) is 8.65. The second kappa shape index (κ2) is 6.69. The predicted octanol–water partition coefficient (Wildman–Crippen LogP) is 4.50. The van der Waals surface area contributed by atoms with Crippen molar-refractivity contribution in [2.24, 2.45) is 0 Å². The Kier molecular flexibility index (Phi) is 4.22. The Morgan fingerprint density at radius 3 is 2.73 bits per heavy atom. The summed E-state index contributed by atoms with van der Waals surface area (Å²) in [7, 11) is 0. The van der Waals surface area contributed by atoms with E-state index in [-0.39, 0.29) is 11.9 Å². The maximum absolute atomic E-state index is 12.5. The maximum atomic E-state index is 12.5. The number of benzene rings is 2. The van der Waals surface area contributed by atoms with Crippen molar-refractivity contribution in [1.29, 1.82) is 0 Å². The zero-order valence-corrected chi connectivity index (χ0v) is 14.9. The van der Waals surface area contributed by atoms with Gasteiger partial charge < -0.3 is 14.9 Å². The summed E-state index contributed by atoms with van der Waals surface area (Å²) in [6.45, 7) is 1.96. The number of H-pyrrole nitrogens is 1. The quantitative estimate of drug-likeness (QED) is 0.560. The third-order valence-corrected chi connectivity index (χ3v) is 4.61. The van der Waals surface area contributed by atoms with Crippen LogP contribution in [0.2, 0.25) is 5.02 Å². The molecule has 4 rings (SSSR count). The molecule has 1 atom stereocenters. The molecule has 0 radical (unpaired) electrons. The number of fused-ring (bicyclic) bond motifs is 1. The molecule has 0 aliphatic heterocycles. The molecule has 6 heteroatoms. The van der Waals surface area contributed by atoms with E-state index in [1.54, 1.807) is 18.6 Å². The molecule has 0 aliphatic rings. The Balaban J connectivity index is 1.49. The van der Waals surface area contributed by atoms with Crippen molar-refractivity contribution in [3.05, 3.63) is 83.5 Å². The summed E-state index contributed by atoms with van der Waals surface area (Å²) in [5.74, 6) is -0.150. The first kappa shape index (κ1) is 16.4. The lowest BCUT2D eigenvalue weighted by Gasteiger charge is -2.14. The highest BCUT2D eigenvalue weighted by molar-refractivity contribution is 6.31. The van der Waals surface area contributed by atoms with Crippen LogP contribution in [0.4, 0.5) is 0 Å². The van der Waals surface area contributed by atoms with Crippen molar-refractivity contribution < 1.29 is 4.79 Å². The van der Waals surface area contributed by atoms with Crippen LogP contribution in [0.15, 0.2) is 67.3 Å². The van der Waals surface area contributed by atoms with E-state index in [2.05, 4.69) is 15.3 Å². The van der Waals surface area contributed by atoms with Crippen molar-refractivity contribution in [3.8, 4) is 5.69 Å². The molecule has 2 N–H and O–H groups in total. The molecular weight excluding hydrogens is 348 g/mol. The van der Waals surface area contributed by atoms with E-state index >= 15 is 0 Å². The normalized spacial score (nSPS) is 12.2. The summed E-state index contributed by atoms with van der Waals surface area (Å²) in [6, 6.07) is 15.2. The highest BCUT2D eigenvalue weighted by atomic mass is 35.5. The van der Waals surface area contributed by atoms with Crippen LogP contribution in [-0.2, 0) is 0 Å². The second-order valence-electron chi connectivity index (χ2n) is 6.17. The number of nitrogens with zero attached hydrogens (tertiary/aromatic N) is 2. The van der Waals surface area contributed by atoms with E-state index in [9.17, 15) is 4.79 Å². The molecule has 4 aromatic rings. The molecule has 0 spiro atoms. The first-order chi connectivity index (χ1) is 12.6. The third-order valence-electron chi connectivity index (χ3n) is 4.37. The number of carbonyl (C=O) groups is 1. The van der Waals surface area contributed by atoms with Gasteiger partial charge in [-0.3, -0.25) is 4.79 Å². The lowest BCUT2D eigenvalue weighted by Crippen LogP contribution is -2.26. The molecule has 0 bridgehead atoms. The third kappa shape index (κ3) is 3.21. The first-order valence-electron chi connectivity index (χ1n) is 8.27. The van der Waals surface area contributed by atoms with Crippen LogP contribution in [0.25, 0.3) is 16.6 Å². The molecule has 26 heavy (non-hydrogen) atoms. The van der Waals surface area contributed by atoms with Gasteiger partial charge in [0.05, 0.1) is 12.4 Å². The molecule has 0 aliphatic carbocycles. The zero-order valence-electron chi connectivity index (χ0n) is 14.1. The van der Waals surface area contributed by atoms with E-state index in [1.165, 1.54) is 0 Å². The Bertz CT molecular complexity index is 1050. The highest BCUT2D eigenvalue weighted by Gasteiger charge is 2.14. The van der Waals surface area contributed by atoms with Gasteiger partial charge in [0.15, 0.2) is 0 Å². The number of imidazole rings is 1. The minimum Gasteiger partial charge on any atom is -0.351 e. The minimum absolute atomic E-state index is 0.116. The van der Waals surface area contributed by atoms with E-state index in [1.807, 2.05) is 60.2 Å². The van der Waals surface area contributed by atoms with Crippen LogP contribution in [0.5, 0.6) is 0 Å². The van der Waals surface area contributed by atoms with Gasteiger partial charge in [0.2, 0.25) is 0 Å². The Morgan fingerprint density at radius 1 is 1.19 bits per heavy atom. The van der Waals surface area contributed by atoms with Crippen molar-refractivity contribution in [3.63, 3.8) is 0 Å². The van der Waals surface area contributed by atoms with E-state index in [4.69, 9.17) is 11.6 Å². The average Bonchev–Trinajstić information content (AvgIpc) is 3.31. The molecule has 2 heterocycles. The van der Waals surface area contributed by atoms with Crippen LogP contribution in [0.3, 0.4) is 0 Å². The molecule has 0 saturated heterocycles. The summed E-state index contributed by atoms with van der Waals surface area (Å²) in [4.78, 5) is 19.7. The number of nitrogens with one attached hydrogen (secondary N) is 2. The van der Waals surface area contributed by atoms with E-state index < -0.39 is 0 Å². The summed E-state index contributed by atoms with van der Waals surface area (Å²) in [5, 5.41) is 4.58. The van der Waals surface area contributed by atoms with Gasteiger partial charge in [-0.25, -0.2) is 4.98 Å². The van der Waals surface area contributed by atoms with Crippen molar-refractivity contribution in [1.82, 2.24) is 19.9 Å². The summed E-state index contributed by atoms with van der Waals surface area (Å²) >= 11 is 6.00. The van der Waals surface area contributed by atoms with Crippen LogP contribution >= 0.6 is 11.6 Å². The highest BCUT2D eigenvalue weighted by Crippen LogP contribution is 2.21. The number of hydrogen-bond donors (Lipinski definition) is 2. The number of aromatic amines is 1. The van der Waals surface area contributed by atoms with Gasteiger partial charge in [-0.2, -0.15) is 0 Å². The van der Waals surface area contributed by atoms with Gasteiger partial charge in [-0.15, -0.1) is 0 Å². The van der Waals surface area contributed by atoms with Crippen molar-refractivity contribution in [2.45, 2.75) is 13.0 Å². The molecule has 1 unspecified atom stereocenters. The molecule has 130 valence electrons. The number of rotatable bonds is 4. The fraction of sp³-hybridized carbons (Fsp3) is 0.100. The molecule has 2 aromatic heterocycles. The van der Waals surface area contributed by atoms with Crippen LogP contribution in [0.1, 0.15) is 29.0 Å². The monoisotopic (exact) mass is 364 g/mol. The Hall–Kier alpha value is -3.05. The number of carbonyl (C=O) groups excluding carboxylic acids is 1. The number of amides is 1. The van der Waals surface area contributed by atoms with Gasteiger partial charge in [0.1, 0.15) is 5.69 Å². The lowest BCUT2D eigenvalue weighted by atomic mass is 10.1. The lowest BCUT2D eigenvalue weighted by molar-refractivity contribution is 0.0935.